The van der Waals surface area contributed by atoms with E-state index in [1.807, 2.05) is 0 Å². The summed E-state index contributed by atoms with van der Waals surface area (Å²) in [5.74, 6) is 0. The van der Waals surface area contributed by atoms with Crippen molar-refractivity contribution in [2.45, 2.75) is 6.36 Å². The molecule has 66 valence electrons. The van der Waals surface area contributed by atoms with Crippen LogP contribution in [0.5, 0.6) is 0 Å². The summed E-state index contributed by atoms with van der Waals surface area (Å²) in [5, 5.41) is 13.9. The van der Waals surface area contributed by atoms with Gasteiger partial charge in [0.2, 0.25) is 0 Å². The van der Waals surface area contributed by atoms with Crippen LogP contribution in [0.4, 0.5) is 18.0 Å². The van der Waals surface area contributed by atoms with Gasteiger partial charge < -0.3 is 14.9 Å². The Bertz CT molecular complexity index is 125. The fourth-order valence-electron chi connectivity index (χ4n) is 0.0546. The van der Waals surface area contributed by atoms with Crippen LogP contribution in [0.25, 0.3) is 0 Å². The molecule has 0 atom stereocenters. The highest BCUT2D eigenvalue weighted by Crippen LogP contribution is 2.13. The van der Waals surface area contributed by atoms with E-state index < -0.39 is 19.0 Å². The first-order valence-electron chi connectivity index (χ1n) is 1.89. The molecule has 0 aliphatic carbocycles. The first kappa shape index (κ1) is 12.2. The highest BCUT2D eigenvalue weighted by atomic mass is 19.4. The monoisotopic (exact) mass is 176 g/mol. The van der Waals surface area contributed by atoms with Gasteiger partial charge in [0.1, 0.15) is 0 Å². The molecule has 0 spiro atoms. The number of hydrogen-bond donors (Lipinski definition) is 2. The number of carboxylic acid groups (broad SMARTS) is 2. The Hall–Kier alpha value is -1.47. The molecule has 0 fully saturated rings. The summed E-state index contributed by atoms with van der Waals surface area (Å²) in [7, 11) is 0. The molecule has 0 rings (SSSR count). The van der Waals surface area contributed by atoms with E-state index in [0.29, 0.717) is 0 Å². The zero-order valence-electron chi connectivity index (χ0n) is 4.83. The van der Waals surface area contributed by atoms with E-state index in [1.165, 1.54) is 0 Å². The lowest BCUT2D eigenvalue weighted by Crippen LogP contribution is -2.10. The summed E-state index contributed by atoms with van der Waals surface area (Å²) < 4.78 is 34.4. The van der Waals surface area contributed by atoms with Gasteiger partial charge in [-0.15, -0.1) is 13.2 Å². The molecule has 0 aromatic carbocycles. The summed E-state index contributed by atoms with van der Waals surface area (Å²) in [5.41, 5.74) is 0. The number of alkyl halides is 3. The van der Waals surface area contributed by atoms with Crippen LogP contribution in [0.15, 0.2) is 0 Å². The van der Waals surface area contributed by atoms with E-state index in [2.05, 4.69) is 4.74 Å². The summed E-state index contributed by atoms with van der Waals surface area (Å²) in [6.07, 6.45) is -6.65. The quantitative estimate of drug-likeness (QED) is 0.580. The van der Waals surface area contributed by atoms with Crippen LogP contribution in [0.2, 0.25) is 0 Å². The maximum atomic E-state index is 10.6. The summed E-state index contributed by atoms with van der Waals surface area (Å²) in [6.45, 7) is -0.667. The average Bonchev–Trinajstić information content (AvgIpc) is 1.58. The van der Waals surface area contributed by atoms with Gasteiger partial charge in [-0.2, -0.15) is 0 Å². The summed E-state index contributed by atoms with van der Waals surface area (Å²) >= 11 is 0. The van der Waals surface area contributed by atoms with Crippen LogP contribution in [0.3, 0.4) is 0 Å². The highest BCUT2D eigenvalue weighted by Gasteiger charge is 2.29. The minimum absolute atomic E-state index is 0.667. The van der Waals surface area contributed by atoms with Gasteiger partial charge in [-0.25, -0.2) is 4.79 Å². The SMILES string of the molecule is O=C(O)O.O=COC(F)(F)F. The summed E-state index contributed by atoms with van der Waals surface area (Å²) in [4.78, 5) is 17.4. The Balaban J connectivity index is 0. The lowest BCUT2D eigenvalue weighted by molar-refractivity contribution is -0.298. The van der Waals surface area contributed by atoms with Crippen molar-refractivity contribution in [3.63, 3.8) is 0 Å². The predicted molar refractivity (Wildman–Crippen MR) is 23.9 cm³/mol. The van der Waals surface area contributed by atoms with Crippen molar-refractivity contribution < 1.29 is 37.7 Å². The molecule has 0 saturated carbocycles. The topological polar surface area (TPSA) is 83.8 Å². The van der Waals surface area contributed by atoms with Crippen LogP contribution < -0.4 is 0 Å². The van der Waals surface area contributed by atoms with Gasteiger partial charge in [0.25, 0.3) is 6.47 Å². The van der Waals surface area contributed by atoms with Crippen molar-refractivity contribution in [3.05, 3.63) is 0 Å². The normalized spacial score (nSPS) is 9.00. The van der Waals surface area contributed by atoms with Crippen LogP contribution in [0, 0.1) is 0 Å². The van der Waals surface area contributed by atoms with Crippen molar-refractivity contribution in [3.8, 4) is 0 Å². The number of carbonyl (C=O) groups is 2. The van der Waals surface area contributed by atoms with Crippen LogP contribution in [0.1, 0.15) is 0 Å². The van der Waals surface area contributed by atoms with Gasteiger partial charge >= 0.3 is 12.5 Å². The average molecular weight is 176 g/mol. The second-order valence-electron chi connectivity index (χ2n) is 0.942. The molecule has 0 unspecified atom stereocenters. The largest absolute Gasteiger partial charge is 0.575 e. The maximum Gasteiger partial charge on any atom is 0.575 e. The second kappa shape index (κ2) is 5.33. The molecule has 0 radical (unpaired) electrons. The number of halogens is 3. The van der Waals surface area contributed by atoms with E-state index in [0.717, 1.165) is 0 Å². The molecule has 0 amide bonds. The molecule has 0 aromatic rings. The Morgan fingerprint density at radius 3 is 1.64 bits per heavy atom. The molecule has 0 aromatic heterocycles. The molecule has 0 bridgehead atoms. The number of ether oxygens (including phenoxy) is 1. The first-order chi connectivity index (χ1) is 4.79. The van der Waals surface area contributed by atoms with Crippen molar-refractivity contribution in [2.24, 2.45) is 0 Å². The van der Waals surface area contributed by atoms with Gasteiger partial charge in [0, 0.05) is 0 Å². The van der Waals surface area contributed by atoms with Crippen LogP contribution >= 0.6 is 0 Å². The Morgan fingerprint density at radius 1 is 1.36 bits per heavy atom. The molecular formula is C3H3F3O5. The van der Waals surface area contributed by atoms with E-state index in [-0.39, 0.29) is 0 Å². The molecule has 2 N–H and O–H groups in total. The van der Waals surface area contributed by atoms with Gasteiger partial charge in [-0.1, -0.05) is 0 Å². The van der Waals surface area contributed by atoms with Crippen molar-refractivity contribution in [1.29, 1.82) is 0 Å². The maximum absolute atomic E-state index is 10.6. The van der Waals surface area contributed by atoms with Gasteiger partial charge in [-0.05, 0) is 0 Å². The lowest BCUT2D eigenvalue weighted by Gasteiger charge is -1.97. The third kappa shape index (κ3) is 56.8. The van der Waals surface area contributed by atoms with Gasteiger partial charge in [-0.3, -0.25) is 4.79 Å². The minimum Gasteiger partial charge on any atom is -0.450 e. The third-order valence-electron chi connectivity index (χ3n) is 0.182. The van der Waals surface area contributed by atoms with Gasteiger partial charge in [0.15, 0.2) is 0 Å². The molecule has 0 aliphatic rings. The Labute approximate surface area is 58.0 Å². The van der Waals surface area contributed by atoms with Crippen LogP contribution in [-0.4, -0.2) is 29.2 Å². The third-order valence-corrected chi connectivity index (χ3v) is 0.182. The summed E-state index contributed by atoms with van der Waals surface area (Å²) in [6, 6.07) is 0. The zero-order chi connectivity index (χ0) is 9.49. The highest BCUT2D eigenvalue weighted by molar-refractivity contribution is 5.53. The fourth-order valence-corrected chi connectivity index (χ4v) is 0.0546. The Morgan fingerprint density at radius 2 is 1.64 bits per heavy atom. The lowest BCUT2D eigenvalue weighted by atomic mass is 11.3. The van der Waals surface area contributed by atoms with E-state index in [4.69, 9.17) is 19.8 Å². The molecule has 0 saturated heterocycles. The molecular weight excluding hydrogens is 173 g/mol. The van der Waals surface area contributed by atoms with E-state index in [1.54, 1.807) is 0 Å². The first-order valence-corrected chi connectivity index (χ1v) is 1.89. The molecule has 11 heavy (non-hydrogen) atoms. The van der Waals surface area contributed by atoms with Crippen molar-refractivity contribution in [2.75, 3.05) is 0 Å². The predicted octanol–water partition coefficient (Wildman–Crippen LogP) is 0.902. The minimum atomic E-state index is -4.82. The van der Waals surface area contributed by atoms with Crippen molar-refractivity contribution >= 4 is 12.6 Å². The van der Waals surface area contributed by atoms with Gasteiger partial charge in [0.05, 0.1) is 0 Å². The van der Waals surface area contributed by atoms with Crippen LogP contribution in [-0.2, 0) is 9.53 Å². The van der Waals surface area contributed by atoms with Crippen molar-refractivity contribution in [1.82, 2.24) is 0 Å². The van der Waals surface area contributed by atoms with E-state index >= 15 is 0 Å². The number of rotatable bonds is 1. The molecule has 8 heteroatoms. The zero-order valence-corrected chi connectivity index (χ0v) is 4.83. The molecule has 0 aliphatic heterocycles. The Kier molecular flexibility index (Phi) is 5.92. The fraction of sp³-hybridized carbons (Fsp3) is 0.333. The van der Waals surface area contributed by atoms with E-state index in [9.17, 15) is 13.2 Å². The number of hydrogen-bond acceptors (Lipinski definition) is 3. The second-order valence-corrected chi connectivity index (χ2v) is 0.942. The smallest absolute Gasteiger partial charge is 0.450 e. The molecule has 0 heterocycles. The standard InChI is InChI=1S/C2HF3O2.CH2O3/c3-2(4,5)7-1-6;2-1(3)4/h1H;(H2,2,3,4). The number of carbonyl (C=O) groups excluding carboxylic acids is 1. The molecule has 5 nitrogen and oxygen atoms in total.